The van der Waals surface area contributed by atoms with Gasteiger partial charge >= 0.3 is 0 Å². The molecule has 3 aromatic heterocycles. The first-order valence-corrected chi connectivity index (χ1v) is 8.90. The normalized spacial score (nSPS) is 12.9. The van der Waals surface area contributed by atoms with Gasteiger partial charge in [-0.3, -0.25) is 9.38 Å². The second kappa shape index (κ2) is 6.48. The van der Waals surface area contributed by atoms with E-state index in [1.54, 1.807) is 12.4 Å². The van der Waals surface area contributed by atoms with Crippen LogP contribution < -0.4 is 14.8 Å². The van der Waals surface area contributed by atoms with Crippen LogP contribution in [-0.2, 0) is 0 Å². The van der Waals surface area contributed by atoms with Gasteiger partial charge in [0.1, 0.15) is 30.4 Å². The first-order valence-electron chi connectivity index (χ1n) is 8.53. The zero-order valence-electron chi connectivity index (χ0n) is 14.2. The van der Waals surface area contributed by atoms with Crippen molar-refractivity contribution in [1.29, 1.82) is 0 Å². The Balaban J connectivity index is 1.64. The number of pyridine rings is 2. The Kier molecular flexibility index (Phi) is 3.83. The molecule has 1 aliphatic heterocycles. The van der Waals surface area contributed by atoms with E-state index in [1.165, 1.54) is 0 Å². The molecule has 5 rings (SSSR count). The second-order valence-electron chi connectivity index (χ2n) is 6.10. The number of nitrogens with one attached hydrogen (secondary N) is 1. The van der Waals surface area contributed by atoms with Crippen molar-refractivity contribution in [2.75, 3.05) is 18.5 Å². The minimum Gasteiger partial charge on any atom is -0.486 e. The van der Waals surface area contributed by atoms with E-state index in [-0.39, 0.29) is 0 Å². The third-order valence-corrected chi connectivity index (χ3v) is 4.56. The summed E-state index contributed by atoms with van der Waals surface area (Å²) in [5, 5.41) is 4.09. The summed E-state index contributed by atoms with van der Waals surface area (Å²) in [6.07, 6.45) is 5.34. The molecule has 0 atom stereocenters. The number of anilines is 2. The van der Waals surface area contributed by atoms with Gasteiger partial charge in [-0.15, -0.1) is 0 Å². The highest BCUT2D eigenvalue weighted by Crippen LogP contribution is 2.36. The molecular weight excluding hydrogens is 364 g/mol. The summed E-state index contributed by atoms with van der Waals surface area (Å²) < 4.78 is 13.2. The third-order valence-electron chi connectivity index (χ3n) is 4.34. The maximum Gasteiger partial charge on any atom is 0.163 e. The topological polar surface area (TPSA) is 60.7 Å². The van der Waals surface area contributed by atoms with Crippen LogP contribution in [0, 0.1) is 0 Å². The van der Waals surface area contributed by atoms with Crippen LogP contribution in [-0.4, -0.2) is 27.6 Å². The minimum atomic E-state index is 0.546. The van der Waals surface area contributed by atoms with Crippen LogP contribution in [0.1, 0.15) is 0 Å². The molecule has 1 aromatic carbocycles. The Hall–Kier alpha value is -3.25. The summed E-state index contributed by atoms with van der Waals surface area (Å²) in [4.78, 5) is 8.86. The molecule has 1 aliphatic rings. The van der Waals surface area contributed by atoms with Crippen LogP contribution >= 0.6 is 11.6 Å². The maximum atomic E-state index is 6.22. The molecule has 7 heteroatoms. The van der Waals surface area contributed by atoms with Crippen LogP contribution in [0.5, 0.6) is 11.5 Å². The fraction of sp³-hybridized carbons (Fsp3) is 0.100. The SMILES string of the molecule is Clc1ccc2nc(-c3ccncc3)c(Nc3ccc4c(c3)OCCO4)n2c1. The Bertz CT molecular complexity index is 1130. The molecule has 0 fully saturated rings. The number of hydrogen-bond acceptors (Lipinski definition) is 5. The first kappa shape index (κ1) is 16.0. The Labute approximate surface area is 160 Å². The number of aromatic nitrogens is 3. The van der Waals surface area contributed by atoms with Gasteiger partial charge in [-0.1, -0.05) is 11.6 Å². The van der Waals surface area contributed by atoms with E-state index in [4.69, 9.17) is 26.1 Å². The summed E-state index contributed by atoms with van der Waals surface area (Å²) in [7, 11) is 0. The molecule has 0 amide bonds. The quantitative estimate of drug-likeness (QED) is 0.566. The van der Waals surface area contributed by atoms with E-state index in [0.29, 0.717) is 18.2 Å². The third kappa shape index (κ3) is 2.94. The molecule has 0 bridgehead atoms. The van der Waals surface area contributed by atoms with Crippen molar-refractivity contribution in [2.45, 2.75) is 0 Å². The number of hydrogen-bond donors (Lipinski definition) is 1. The van der Waals surface area contributed by atoms with Crippen LogP contribution in [0.25, 0.3) is 16.9 Å². The van der Waals surface area contributed by atoms with Crippen LogP contribution in [0.4, 0.5) is 11.5 Å². The molecule has 134 valence electrons. The highest BCUT2D eigenvalue weighted by Gasteiger charge is 2.17. The molecule has 1 N–H and O–H groups in total. The molecule has 0 unspecified atom stereocenters. The van der Waals surface area contributed by atoms with Crippen molar-refractivity contribution in [1.82, 2.24) is 14.4 Å². The van der Waals surface area contributed by atoms with E-state index in [9.17, 15) is 0 Å². The van der Waals surface area contributed by atoms with E-state index >= 15 is 0 Å². The lowest BCUT2D eigenvalue weighted by molar-refractivity contribution is 0.171. The van der Waals surface area contributed by atoms with E-state index in [0.717, 1.165) is 39.9 Å². The molecule has 0 saturated carbocycles. The summed E-state index contributed by atoms with van der Waals surface area (Å²) in [6.45, 7) is 1.11. The molecule has 4 aromatic rings. The number of ether oxygens (including phenoxy) is 2. The van der Waals surface area contributed by atoms with Gasteiger partial charge in [0.25, 0.3) is 0 Å². The minimum absolute atomic E-state index is 0.546. The fourth-order valence-corrected chi connectivity index (χ4v) is 3.27. The van der Waals surface area contributed by atoms with E-state index in [1.807, 2.05) is 53.1 Å². The van der Waals surface area contributed by atoms with Crippen molar-refractivity contribution in [3.05, 3.63) is 66.1 Å². The van der Waals surface area contributed by atoms with Crippen molar-refractivity contribution in [3.8, 4) is 22.8 Å². The van der Waals surface area contributed by atoms with Crippen molar-refractivity contribution in [2.24, 2.45) is 0 Å². The average Bonchev–Trinajstić information content (AvgIpc) is 3.06. The van der Waals surface area contributed by atoms with Crippen LogP contribution in [0.15, 0.2) is 61.1 Å². The summed E-state index contributed by atoms with van der Waals surface area (Å²) >= 11 is 6.22. The molecule has 0 spiro atoms. The van der Waals surface area contributed by atoms with Gasteiger partial charge in [0.2, 0.25) is 0 Å². The van der Waals surface area contributed by atoms with Gasteiger partial charge in [-0.05, 0) is 36.4 Å². The van der Waals surface area contributed by atoms with Crippen molar-refractivity contribution >= 4 is 28.8 Å². The van der Waals surface area contributed by atoms with E-state index < -0.39 is 0 Å². The lowest BCUT2D eigenvalue weighted by Gasteiger charge is -2.19. The second-order valence-corrected chi connectivity index (χ2v) is 6.54. The number of nitrogens with zero attached hydrogens (tertiary/aromatic N) is 3. The number of benzene rings is 1. The van der Waals surface area contributed by atoms with Gasteiger partial charge in [0, 0.05) is 35.9 Å². The standard InChI is InChI=1S/C20H15ClN4O2/c21-14-1-4-18-24-19(13-5-7-22-8-6-13)20(25(18)12-14)23-15-2-3-16-17(11-15)27-10-9-26-16/h1-8,11-12,23H,9-10H2. The molecule has 0 saturated heterocycles. The monoisotopic (exact) mass is 378 g/mol. The number of rotatable bonds is 3. The lowest BCUT2D eigenvalue weighted by Crippen LogP contribution is -2.15. The molecule has 6 nitrogen and oxygen atoms in total. The molecule has 0 aliphatic carbocycles. The van der Waals surface area contributed by atoms with Crippen LogP contribution in [0.3, 0.4) is 0 Å². The molecular formula is C20H15ClN4O2. The van der Waals surface area contributed by atoms with Gasteiger partial charge in [-0.2, -0.15) is 0 Å². The number of imidazole rings is 1. The fourth-order valence-electron chi connectivity index (χ4n) is 3.11. The number of fused-ring (bicyclic) bond motifs is 2. The van der Waals surface area contributed by atoms with Crippen LogP contribution in [0.2, 0.25) is 5.02 Å². The largest absolute Gasteiger partial charge is 0.486 e. The van der Waals surface area contributed by atoms with Gasteiger partial charge in [0.15, 0.2) is 11.5 Å². The lowest BCUT2D eigenvalue weighted by atomic mass is 10.2. The average molecular weight is 379 g/mol. The predicted molar refractivity (Wildman–Crippen MR) is 104 cm³/mol. The summed E-state index contributed by atoms with van der Waals surface area (Å²) in [6, 6.07) is 13.4. The number of halogens is 1. The highest BCUT2D eigenvalue weighted by atomic mass is 35.5. The molecule has 4 heterocycles. The predicted octanol–water partition coefficient (Wildman–Crippen LogP) is 4.56. The Morgan fingerprint density at radius 1 is 0.963 bits per heavy atom. The molecule has 27 heavy (non-hydrogen) atoms. The maximum absolute atomic E-state index is 6.22. The van der Waals surface area contributed by atoms with Crippen molar-refractivity contribution < 1.29 is 9.47 Å². The van der Waals surface area contributed by atoms with Gasteiger partial charge in [-0.25, -0.2) is 4.98 Å². The van der Waals surface area contributed by atoms with E-state index in [2.05, 4.69) is 10.3 Å². The zero-order chi connectivity index (χ0) is 18.2. The first-order chi connectivity index (χ1) is 13.3. The zero-order valence-corrected chi connectivity index (χ0v) is 15.0. The van der Waals surface area contributed by atoms with Gasteiger partial charge < -0.3 is 14.8 Å². The van der Waals surface area contributed by atoms with Crippen molar-refractivity contribution in [3.63, 3.8) is 0 Å². The van der Waals surface area contributed by atoms with Gasteiger partial charge in [0.05, 0.1) is 5.02 Å². The summed E-state index contributed by atoms with van der Waals surface area (Å²) in [5.74, 6) is 2.29. The Morgan fingerprint density at radius 2 is 1.78 bits per heavy atom. The molecule has 0 radical (unpaired) electrons. The highest BCUT2D eigenvalue weighted by molar-refractivity contribution is 6.30. The summed E-state index contributed by atoms with van der Waals surface area (Å²) in [5.41, 5.74) is 3.45. The smallest absolute Gasteiger partial charge is 0.163 e. The Morgan fingerprint density at radius 3 is 2.63 bits per heavy atom.